The van der Waals surface area contributed by atoms with E-state index in [9.17, 15) is 4.79 Å². The zero-order valence-electron chi connectivity index (χ0n) is 11.8. The van der Waals surface area contributed by atoms with Gasteiger partial charge in [0.2, 0.25) is 0 Å². The minimum Gasteiger partial charge on any atom is -0.478 e. The molecule has 0 aliphatic rings. The van der Waals surface area contributed by atoms with Gasteiger partial charge in [-0.1, -0.05) is 6.07 Å². The average Bonchev–Trinajstić information content (AvgIpc) is 2.71. The van der Waals surface area contributed by atoms with Crippen molar-refractivity contribution in [3.05, 3.63) is 53.4 Å². The molecule has 1 aromatic carbocycles. The highest BCUT2D eigenvalue weighted by Gasteiger charge is 2.09. The summed E-state index contributed by atoms with van der Waals surface area (Å²) in [4.78, 5) is 11.8. The third kappa shape index (κ3) is 2.96. The van der Waals surface area contributed by atoms with E-state index in [1.807, 2.05) is 26.0 Å². The second kappa shape index (κ2) is 6.01. The molecule has 0 amide bonds. The summed E-state index contributed by atoms with van der Waals surface area (Å²) in [5.41, 5.74) is 4.16. The third-order valence-electron chi connectivity index (χ3n) is 3.19. The predicted octanol–water partition coefficient (Wildman–Crippen LogP) is 3.91. The van der Waals surface area contributed by atoms with E-state index in [2.05, 4.69) is 29.0 Å². The first-order valence-corrected chi connectivity index (χ1v) is 7.50. The number of thioether (sulfide) groups is 1. The number of carboxylic acid groups (broad SMARTS) is 1. The number of rotatable bonds is 4. The van der Waals surface area contributed by atoms with Crippen LogP contribution in [-0.4, -0.2) is 21.9 Å². The van der Waals surface area contributed by atoms with Crippen LogP contribution >= 0.6 is 11.8 Å². The first-order valence-electron chi connectivity index (χ1n) is 6.27. The van der Waals surface area contributed by atoms with E-state index in [4.69, 9.17) is 5.11 Å². The fraction of sp³-hybridized carbons (Fsp3) is 0.188. The molecule has 0 saturated carbocycles. The molecule has 1 N–H and O–H groups in total. The van der Waals surface area contributed by atoms with E-state index in [1.165, 1.54) is 11.0 Å². The Bertz CT molecular complexity index is 671. The van der Waals surface area contributed by atoms with Gasteiger partial charge in [-0.2, -0.15) is 0 Å². The number of hydrogen-bond acceptors (Lipinski definition) is 2. The van der Waals surface area contributed by atoms with Crippen LogP contribution in [0.4, 0.5) is 0 Å². The molecule has 0 aliphatic carbocycles. The van der Waals surface area contributed by atoms with Gasteiger partial charge in [-0.05, 0) is 56.0 Å². The van der Waals surface area contributed by atoms with E-state index >= 15 is 0 Å². The van der Waals surface area contributed by atoms with E-state index in [-0.39, 0.29) is 0 Å². The number of nitrogens with zero attached hydrogens (tertiary/aromatic N) is 1. The lowest BCUT2D eigenvalue weighted by atomic mass is 10.2. The lowest BCUT2D eigenvalue weighted by Gasteiger charge is -2.10. The Hall–Kier alpha value is -1.94. The summed E-state index contributed by atoms with van der Waals surface area (Å²) < 4.78 is 2.14. The van der Waals surface area contributed by atoms with E-state index in [0.29, 0.717) is 0 Å². The Labute approximate surface area is 122 Å². The van der Waals surface area contributed by atoms with Crippen molar-refractivity contribution in [2.24, 2.45) is 0 Å². The van der Waals surface area contributed by atoms with Crippen LogP contribution in [0.5, 0.6) is 0 Å². The molecule has 20 heavy (non-hydrogen) atoms. The Morgan fingerprint density at radius 3 is 2.70 bits per heavy atom. The zero-order valence-corrected chi connectivity index (χ0v) is 12.6. The van der Waals surface area contributed by atoms with Crippen molar-refractivity contribution in [1.82, 2.24) is 4.57 Å². The van der Waals surface area contributed by atoms with Gasteiger partial charge >= 0.3 is 5.97 Å². The summed E-state index contributed by atoms with van der Waals surface area (Å²) >= 11 is 1.71. The van der Waals surface area contributed by atoms with Crippen molar-refractivity contribution in [2.45, 2.75) is 18.7 Å². The van der Waals surface area contributed by atoms with Gasteiger partial charge < -0.3 is 9.67 Å². The van der Waals surface area contributed by atoms with Crippen molar-refractivity contribution in [1.29, 1.82) is 0 Å². The molecule has 0 fully saturated rings. The third-order valence-corrected chi connectivity index (χ3v) is 3.91. The lowest BCUT2D eigenvalue weighted by Crippen LogP contribution is -1.99. The van der Waals surface area contributed by atoms with E-state index < -0.39 is 5.97 Å². The van der Waals surface area contributed by atoms with E-state index in [0.717, 1.165) is 22.6 Å². The molecule has 0 spiro atoms. The van der Waals surface area contributed by atoms with Crippen LogP contribution in [0.25, 0.3) is 11.8 Å². The van der Waals surface area contributed by atoms with Gasteiger partial charge in [0.15, 0.2) is 0 Å². The fourth-order valence-electron chi connectivity index (χ4n) is 2.26. The molecular weight excluding hydrogens is 270 g/mol. The topological polar surface area (TPSA) is 42.2 Å². The SMILES string of the molecule is CSc1cccc(-n2c(C)cc(C=CC(=O)O)c2C)c1. The minimum atomic E-state index is -0.931. The van der Waals surface area contributed by atoms with Crippen molar-refractivity contribution < 1.29 is 9.90 Å². The summed E-state index contributed by atoms with van der Waals surface area (Å²) in [6, 6.07) is 10.3. The molecular formula is C16H17NO2S. The fourth-order valence-corrected chi connectivity index (χ4v) is 2.72. The number of benzene rings is 1. The van der Waals surface area contributed by atoms with Crippen molar-refractivity contribution in [2.75, 3.05) is 6.26 Å². The van der Waals surface area contributed by atoms with Crippen molar-refractivity contribution >= 4 is 23.8 Å². The Morgan fingerprint density at radius 2 is 2.05 bits per heavy atom. The van der Waals surface area contributed by atoms with Crippen LogP contribution < -0.4 is 0 Å². The van der Waals surface area contributed by atoms with Crippen molar-refractivity contribution in [3.8, 4) is 5.69 Å². The number of carbonyl (C=O) groups is 1. The van der Waals surface area contributed by atoms with Gasteiger partial charge in [-0.15, -0.1) is 11.8 Å². The second-order valence-corrected chi connectivity index (χ2v) is 5.41. The normalized spacial score (nSPS) is 11.2. The lowest BCUT2D eigenvalue weighted by molar-refractivity contribution is -0.131. The smallest absolute Gasteiger partial charge is 0.328 e. The summed E-state index contributed by atoms with van der Waals surface area (Å²) in [7, 11) is 0. The maximum absolute atomic E-state index is 10.6. The molecule has 2 rings (SSSR count). The van der Waals surface area contributed by atoms with Crippen LogP contribution in [0.15, 0.2) is 41.3 Å². The molecule has 3 nitrogen and oxygen atoms in total. The molecule has 4 heteroatoms. The first kappa shape index (κ1) is 14.5. The van der Waals surface area contributed by atoms with Gasteiger partial charge in [-0.3, -0.25) is 0 Å². The second-order valence-electron chi connectivity index (χ2n) is 4.53. The van der Waals surface area contributed by atoms with Crippen LogP contribution in [0.1, 0.15) is 17.0 Å². The Balaban J connectivity index is 2.49. The molecule has 1 aromatic heterocycles. The number of carboxylic acids is 1. The molecule has 0 atom stereocenters. The predicted molar refractivity (Wildman–Crippen MR) is 83.7 cm³/mol. The average molecular weight is 287 g/mol. The monoisotopic (exact) mass is 287 g/mol. The number of hydrogen-bond donors (Lipinski definition) is 1. The van der Waals surface area contributed by atoms with Gasteiger partial charge in [0, 0.05) is 28.0 Å². The molecule has 2 aromatic rings. The summed E-state index contributed by atoms with van der Waals surface area (Å²) in [6.07, 6.45) is 4.86. The minimum absolute atomic E-state index is 0.930. The van der Waals surface area contributed by atoms with Gasteiger partial charge in [0.25, 0.3) is 0 Å². The van der Waals surface area contributed by atoms with Crippen LogP contribution in [0.2, 0.25) is 0 Å². The van der Waals surface area contributed by atoms with Gasteiger partial charge in [-0.25, -0.2) is 4.79 Å². The standard InChI is InChI=1S/C16H17NO2S/c1-11-9-13(7-8-16(18)19)12(2)17(11)14-5-4-6-15(10-14)20-3/h4-10H,1-3H3,(H,18,19). The summed E-state index contributed by atoms with van der Waals surface area (Å²) in [5, 5.41) is 8.73. The molecule has 1 heterocycles. The number of aromatic nitrogens is 1. The van der Waals surface area contributed by atoms with Crippen molar-refractivity contribution in [3.63, 3.8) is 0 Å². The molecule has 104 valence electrons. The molecule has 0 radical (unpaired) electrons. The number of aliphatic carboxylic acids is 1. The summed E-state index contributed by atoms with van der Waals surface area (Å²) in [5.74, 6) is -0.931. The summed E-state index contributed by atoms with van der Waals surface area (Å²) in [6.45, 7) is 4.02. The highest BCUT2D eigenvalue weighted by Crippen LogP contribution is 2.24. The van der Waals surface area contributed by atoms with Gasteiger partial charge in [0.05, 0.1) is 0 Å². The van der Waals surface area contributed by atoms with Crippen LogP contribution in [0.3, 0.4) is 0 Å². The Morgan fingerprint density at radius 1 is 1.30 bits per heavy atom. The highest BCUT2D eigenvalue weighted by atomic mass is 32.2. The highest BCUT2D eigenvalue weighted by molar-refractivity contribution is 7.98. The maximum Gasteiger partial charge on any atom is 0.328 e. The molecule has 0 unspecified atom stereocenters. The maximum atomic E-state index is 10.6. The van der Waals surface area contributed by atoms with E-state index in [1.54, 1.807) is 17.8 Å². The van der Waals surface area contributed by atoms with Gasteiger partial charge in [0.1, 0.15) is 0 Å². The molecule has 0 bridgehead atoms. The van der Waals surface area contributed by atoms with Crippen LogP contribution in [0, 0.1) is 13.8 Å². The molecule has 0 aliphatic heterocycles. The zero-order chi connectivity index (χ0) is 14.7. The van der Waals surface area contributed by atoms with Crippen LogP contribution in [-0.2, 0) is 4.79 Å². The Kier molecular flexibility index (Phi) is 4.35. The quantitative estimate of drug-likeness (QED) is 0.684. The molecule has 0 saturated heterocycles. The number of aryl methyl sites for hydroxylation is 1. The first-order chi connectivity index (χ1) is 9.52. The largest absolute Gasteiger partial charge is 0.478 e.